The molecule has 0 heterocycles. The number of carbonyl (C=O) groups excluding carboxylic acids is 1. The molecule has 0 saturated heterocycles. The summed E-state index contributed by atoms with van der Waals surface area (Å²) in [7, 11) is 0. The Labute approximate surface area is 91.6 Å². The van der Waals surface area contributed by atoms with Gasteiger partial charge in [-0.15, -0.1) is 0 Å². The molecule has 3 saturated carbocycles. The highest BCUT2D eigenvalue weighted by Crippen LogP contribution is 2.48. The molecule has 2 bridgehead atoms. The number of hydrogen-bond donors (Lipinski definition) is 1. The van der Waals surface area contributed by atoms with Gasteiger partial charge in [0.05, 0.1) is 0 Å². The van der Waals surface area contributed by atoms with E-state index in [9.17, 15) is 4.79 Å². The second-order valence-corrected chi connectivity index (χ2v) is 5.88. The second-order valence-electron chi connectivity index (χ2n) is 5.88. The van der Waals surface area contributed by atoms with E-state index in [1.165, 1.54) is 32.1 Å². The monoisotopic (exact) mass is 207 g/mol. The number of nitrogens with two attached hydrogens (primary N) is 1. The van der Waals surface area contributed by atoms with Crippen molar-refractivity contribution in [3.8, 4) is 0 Å². The lowest BCUT2D eigenvalue weighted by molar-refractivity contribution is -0.125. The van der Waals surface area contributed by atoms with Crippen molar-refractivity contribution in [3.63, 3.8) is 0 Å². The van der Waals surface area contributed by atoms with Gasteiger partial charge in [-0.1, -0.05) is 12.8 Å². The van der Waals surface area contributed by atoms with E-state index in [0.717, 1.165) is 18.8 Å². The van der Waals surface area contributed by atoms with Crippen molar-refractivity contribution in [3.05, 3.63) is 0 Å². The lowest BCUT2D eigenvalue weighted by Crippen LogP contribution is -2.40. The molecule has 0 aromatic rings. The van der Waals surface area contributed by atoms with Crippen LogP contribution in [0.2, 0.25) is 0 Å². The third-order valence-corrected chi connectivity index (χ3v) is 4.85. The fourth-order valence-corrected chi connectivity index (χ4v) is 3.73. The van der Waals surface area contributed by atoms with Gasteiger partial charge in [-0.05, 0) is 43.4 Å². The van der Waals surface area contributed by atoms with Crippen molar-refractivity contribution < 1.29 is 4.79 Å². The average Bonchev–Trinajstić information content (AvgIpc) is 2.85. The molecule has 0 aliphatic heterocycles. The molecule has 4 atom stereocenters. The van der Waals surface area contributed by atoms with E-state index in [4.69, 9.17) is 5.73 Å². The lowest BCUT2D eigenvalue weighted by Gasteiger charge is -2.26. The Balaban J connectivity index is 1.58. The topological polar surface area (TPSA) is 43.1 Å². The first-order chi connectivity index (χ1) is 7.25. The summed E-state index contributed by atoms with van der Waals surface area (Å²) in [4.78, 5) is 12.1. The maximum absolute atomic E-state index is 12.1. The highest BCUT2D eigenvalue weighted by Gasteiger charge is 2.48. The van der Waals surface area contributed by atoms with Crippen molar-refractivity contribution in [2.45, 2.75) is 51.0 Å². The van der Waals surface area contributed by atoms with E-state index in [1.54, 1.807) is 0 Å². The third kappa shape index (κ3) is 1.73. The first kappa shape index (κ1) is 9.83. The summed E-state index contributed by atoms with van der Waals surface area (Å²) >= 11 is 0. The Kier molecular flexibility index (Phi) is 2.35. The summed E-state index contributed by atoms with van der Waals surface area (Å²) in [5, 5.41) is 0. The Morgan fingerprint density at radius 1 is 1.13 bits per heavy atom. The van der Waals surface area contributed by atoms with Crippen LogP contribution < -0.4 is 5.73 Å². The van der Waals surface area contributed by atoms with Crippen molar-refractivity contribution in [1.29, 1.82) is 0 Å². The lowest BCUT2D eigenvalue weighted by atomic mass is 9.81. The Morgan fingerprint density at radius 3 is 2.47 bits per heavy atom. The van der Waals surface area contributed by atoms with Crippen LogP contribution in [-0.4, -0.2) is 11.8 Å². The van der Waals surface area contributed by atoms with Crippen molar-refractivity contribution >= 4 is 5.78 Å². The minimum absolute atomic E-state index is 0.204. The number of fused-ring (bicyclic) bond motifs is 2. The van der Waals surface area contributed by atoms with Crippen LogP contribution in [-0.2, 0) is 4.79 Å². The molecule has 2 heteroatoms. The first-order valence-electron chi connectivity index (χ1n) is 6.54. The fourth-order valence-electron chi connectivity index (χ4n) is 3.73. The van der Waals surface area contributed by atoms with Crippen LogP contribution in [0.3, 0.4) is 0 Å². The van der Waals surface area contributed by atoms with Crippen molar-refractivity contribution in [1.82, 2.24) is 0 Å². The van der Waals surface area contributed by atoms with E-state index >= 15 is 0 Å². The summed E-state index contributed by atoms with van der Waals surface area (Å²) in [5.41, 5.74) is 6.17. The molecule has 3 aliphatic carbocycles. The summed E-state index contributed by atoms with van der Waals surface area (Å²) in [6, 6.07) is 0.204. The largest absolute Gasteiger partial charge is 0.327 e. The third-order valence-electron chi connectivity index (χ3n) is 4.85. The summed E-state index contributed by atoms with van der Waals surface area (Å²) in [6.45, 7) is 0. The molecule has 2 N–H and O–H groups in total. The van der Waals surface area contributed by atoms with E-state index in [1.807, 2.05) is 0 Å². The van der Waals surface area contributed by atoms with Gasteiger partial charge in [0.15, 0.2) is 0 Å². The molecule has 3 rings (SSSR count). The molecule has 0 aromatic heterocycles. The van der Waals surface area contributed by atoms with Gasteiger partial charge < -0.3 is 5.73 Å². The summed E-state index contributed by atoms with van der Waals surface area (Å²) in [5.74, 6) is 2.93. The molecule has 4 unspecified atom stereocenters. The smallest absolute Gasteiger partial charge is 0.137 e. The van der Waals surface area contributed by atoms with Gasteiger partial charge in [-0.3, -0.25) is 4.79 Å². The first-order valence-corrected chi connectivity index (χ1v) is 6.54. The zero-order valence-corrected chi connectivity index (χ0v) is 9.32. The average molecular weight is 207 g/mol. The van der Waals surface area contributed by atoms with Crippen LogP contribution in [0.15, 0.2) is 0 Å². The highest BCUT2D eigenvalue weighted by molar-refractivity contribution is 5.82. The molecule has 3 fully saturated rings. The maximum atomic E-state index is 12.1. The molecule has 0 amide bonds. The molecule has 0 aromatic carbocycles. The predicted octanol–water partition coefficient (Wildman–Crippen LogP) is 2.12. The molecule has 15 heavy (non-hydrogen) atoms. The minimum atomic E-state index is 0.204. The zero-order valence-electron chi connectivity index (χ0n) is 9.32. The van der Waals surface area contributed by atoms with E-state index < -0.39 is 0 Å². The number of ketones is 1. The van der Waals surface area contributed by atoms with E-state index in [0.29, 0.717) is 17.6 Å². The molecular formula is C13H21NO. The van der Waals surface area contributed by atoms with E-state index in [2.05, 4.69) is 0 Å². The van der Waals surface area contributed by atoms with Crippen LogP contribution in [0.5, 0.6) is 0 Å². The number of Topliss-reactive ketones (excluding diaryl/α,β-unsaturated/α-hetero) is 1. The van der Waals surface area contributed by atoms with Crippen molar-refractivity contribution in [2.75, 3.05) is 0 Å². The molecule has 84 valence electrons. The maximum Gasteiger partial charge on any atom is 0.137 e. The zero-order chi connectivity index (χ0) is 10.4. The second kappa shape index (κ2) is 3.58. The van der Waals surface area contributed by atoms with Crippen LogP contribution in [0, 0.1) is 23.7 Å². The number of rotatable bonds is 4. The molecule has 0 spiro atoms. The summed E-state index contributed by atoms with van der Waals surface area (Å²) < 4.78 is 0. The Morgan fingerprint density at radius 2 is 1.87 bits per heavy atom. The molecule has 0 radical (unpaired) electrons. The van der Waals surface area contributed by atoms with Crippen LogP contribution in [0.4, 0.5) is 0 Å². The van der Waals surface area contributed by atoms with Gasteiger partial charge in [0.1, 0.15) is 5.78 Å². The van der Waals surface area contributed by atoms with Crippen LogP contribution >= 0.6 is 0 Å². The van der Waals surface area contributed by atoms with Gasteiger partial charge in [-0.25, -0.2) is 0 Å². The summed E-state index contributed by atoms with van der Waals surface area (Å²) in [6.07, 6.45) is 8.44. The van der Waals surface area contributed by atoms with Gasteiger partial charge in [0, 0.05) is 18.4 Å². The molecule has 2 nitrogen and oxygen atoms in total. The van der Waals surface area contributed by atoms with Gasteiger partial charge in [0.2, 0.25) is 0 Å². The van der Waals surface area contributed by atoms with Crippen LogP contribution in [0.25, 0.3) is 0 Å². The SMILES string of the molecule is NC1C2CCC(C2)C1C(=O)CCC1CC1. The van der Waals surface area contributed by atoms with Gasteiger partial charge in [0.25, 0.3) is 0 Å². The standard InChI is InChI=1S/C13H21NO/c14-13-10-5-4-9(7-10)12(13)11(15)6-3-8-1-2-8/h8-10,12-13H,1-7,14H2. The van der Waals surface area contributed by atoms with E-state index in [-0.39, 0.29) is 12.0 Å². The fraction of sp³-hybridized carbons (Fsp3) is 0.923. The normalized spacial score (nSPS) is 43.5. The minimum Gasteiger partial charge on any atom is -0.327 e. The number of hydrogen-bond acceptors (Lipinski definition) is 2. The van der Waals surface area contributed by atoms with Gasteiger partial charge >= 0.3 is 0 Å². The van der Waals surface area contributed by atoms with Crippen molar-refractivity contribution in [2.24, 2.45) is 29.4 Å². The molecular weight excluding hydrogens is 186 g/mol. The molecule has 3 aliphatic rings. The predicted molar refractivity (Wildman–Crippen MR) is 59.3 cm³/mol. The highest BCUT2D eigenvalue weighted by atomic mass is 16.1. The van der Waals surface area contributed by atoms with Crippen LogP contribution in [0.1, 0.15) is 44.9 Å². The number of carbonyl (C=O) groups is 1. The Hall–Kier alpha value is -0.370. The quantitative estimate of drug-likeness (QED) is 0.767. The Bertz CT molecular complexity index is 270. The van der Waals surface area contributed by atoms with Gasteiger partial charge in [-0.2, -0.15) is 0 Å².